The molecular formula is C11H22N2O4. The highest BCUT2D eigenvalue weighted by Crippen LogP contribution is 2.06. The van der Waals surface area contributed by atoms with E-state index in [9.17, 15) is 9.59 Å². The minimum absolute atomic E-state index is 0.0674. The summed E-state index contributed by atoms with van der Waals surface area (Å²) in [5.74, 6) is -0.594. The fourth-order valence-electron chi connectivity index (χ4n) is 1.40. The smallest absolute Gasteiger partial charge is 0.328 e. The Bertz CT molecular complexity index is 252. The summed E-state index contributed by atoms with van der Waals surface area (Å²) < 4.78 is 9.53. The molecule has 0 bridgehead atoms. The van der Waals surface area contributed by atoms with E-state index in [1.165, 1.54) is 14.2 Å². The van der Waals surface area contributed by atoms with Gasteiger partial charge < -0.3 is 20.5 Å². The van der Waals surface area contributed by atoms with Crippen LogP contribution >= 0.6 is 0 Å². The van der Waals surface area contributed by atoms with Crippen molar-refractivity contribution in [3.8, 4) is 0 Å². The third-order valence-electron chi connectivity index (χ3n) is 2.30. The fourth-order valence-corrected chi connectivity index (χ4v) is 1.40. The maximum atomic E-state index is 11.7. The van der Waals surface area contributed by atoms with Gasteiger partial charge >= 0.3 is 5.97 Å². The van der Waals surface area contributed by atoms with Crippen LogP contribution in [0, 0.1) is 5.92 Å². The monoisotopic (exact) mass is 246 g/mol. The van der Waals surface area contributed by atoms with Crippen molar-refractivity contribution in [1.29, 1.82) is 0 Å². The molecule has 100 valence electrons. The highest BCUT2D eigenvalue weighted by molar-refractivity contribution is 5.87. The summed E-state index contributed by atoms with van der Waals surface area (Å²) >= 11 is 0. The lowest BCUT2D eigenvalue weighted by atomic mass is 10.0. The normalized spacial score (nSPS) is 14.2. The minimum atomic E-state index is -0.741. The first-order chi connectivity index (χ1) is 7.96. The van der Waals surface area contributed by atoms with Crippen LogP contribution in [-0.4, -0.2) is 44.8 Å². The van der Waals surface area contributed by atoms with E-state index < -0.39 is 24.0 Å². The van der Waals surface area contributed by atoms with Gasteiger partial charge in [-0.05, 0) is 12.3 Å². The maximum Gasteiger partial charge on any atom is 0.328 e. The van der Waals surface area contributed by atoms with Crippen LogP contribution in [0.1, 0.15) is 20.3 Å². The molecule has 0 heterocycles. The van der Waals surface area contributed by atoms with Crippen molar-refractivity contribution in [2.24, 2.45) is 11.7 Å². The molecule has 0 aromatic carbocycles. The average Bonchev–Trinajstić information content (AvgIpc) is 2.28. The molecule has 2 unspecified atom stereocenters. The highest BCUT2D eigenvalue weighted by Gasteiger charge is 2.25. The SMILES string of the molecule is COC(=O)C(CC(C)C)NC(=O)C(CN)OC. The zero-order chi connectivity index (χ0) is 13.4. The number of ether oxygens (including phenoxy) is 2. The molecule has 0 fully saturated rings. The van der Waals surface area contributed by atoms with Gasteiger partial charge in [-0.15, -0.1) is 0 Å². The Kier molecular flexibility index (Phi) is 7.49. The van der Waals surface area contributed by atoms with E-state index in [1.54, 1.807) is 0 Å². The third-order valence-corrected chi connectivity index (χ3v) is 2.30. The second-order valence-electron chi connectivity index (χ2n) is 4.17. The first kappa shape index (κ1) is 15.9. The van der Waals surface area contributed by atoms with Crippen molar-refractivity contribution in [2.45, 2.75) is 32.4 Å². The van der Waals surface area contributed by atoms with Gasteiger partial charge in [0.15, 0.2) is 0 Å². The molecule has 17 heavy (non-hydrogen) atoms. The number of carbonyl (C=O) groups excluding carboxylic acids is 2. The van der Waals surface area contributed by atoms with Gasteiger partial charge in [-0.25, -0.2) is 4.79 Å². The number of carbonyl (C=O) groups is 2. The molecule has 0 aliphatic rings. The Balaban J connectivity index is 4.51. The molecule has 0 saturated heterocycles. The Morgan fingerprint density at radius 3 is 2.24 bits per heavy atom. The van der Waals surface area contributed by atoms with Crippen molar-refractivity contribution < 1.29 is 19.1 Å². The average molecular weight is 246 g/mol. The minimum Gasteiger partial charge on any atom is -0.467 e. The summed E-state index contributed by atoms with van der Waals surface area (Å²) in [4.78, 5) is 23.2. The Labute approximate surface area is 102 Å². The van der Waals surface area contributed by atoms with Crippen molar-refractivity contribution in [3.63, 3.8) is 0 Å². The molecule has 3 N–H and O–H groups in total. The Morgan fingerprint density at radius 1 is 1.29 bits per heavy atom. The molecule has 0 spiro atoms. The van der Waals surface area contributed by atoms with E-state index in [-0.39, 0.29) is 12.5 Å². The number of nitrogens with two attached hydrogens (primary N) is 1. The number of rotatable bonds is 7. The van der Waals surface area contributed by atoms with E-state index in [1.807, 2.05) is 13.8 Å². The van der Waals surface area contributed by atoms with Gasteiger partial charge in [0.1, 0.15) is 12.1 Å². The fraction of sp³-hybridized carbons (Fsp3) is 0.818. The van der Waals surface area contributed by atoms with Crippen molar-refractivity contribution >= 4 is 11.9 Å². The van der Waals surface area contributed by atoms with Gasteiger partial charge in [-0.1, -0.05) is 13.8 Å². The lowest BCUT2D eigenvalue weighted by Crippen LogP contribution is -2.49. The van der Waals surface area contributed by atoms with Crippen LogP contribution in [0.2, 0.25) is 0 Å². The van der Waals surface area contributed by atoms with Crippen LogP contribution in [-0.2, 0) is 19.1 Å². The van der Waals surface area contributed by atoms with Crippen LogP contribution in [0.15, 0.2) is 0 Å². The summed E-state index contributed by atoms with van der Waals surface area (Å²) in [6.07, 6.45) is -0.228. The number of esters is 1. The quantitative estimate of drug-likeness (QED) is 0.600. The second kappa shape index (κ2) is 8.03. The molecule has 1 amide bonds. The van der Waals surface area contributed by atoms with Crippen LogP contribution < -0.4 is 11.1 Å². The van der Waals surface area contributed by atoms with Gasteiger partial charge in [-0.3, -0.25) is 4.79 Å². The molecule has 2 atom stereocenters. The third kappa shape index (κ3) is 5.65. The number of hydrogen-bond donors (Lipinski definition) is 2. The highest BCUT2D eigenvalue weighted by atomic mass is 16.5. The van der Waals surface area contributed by atoms with Crippen LogP contribution in [0.25, 0.3) is 0 Å². The zero-order valence-electron chi connectivity index (χ0n) is 10.9. The van der Waals surface area contributed by atoms with Crippen molar-refractivity contribution in [3.05, 3.63) is 0 Å². The number of amides is 1. The van der Waals surface area contributed by atoms with Crippen LogP contribution in [0.4, 0.5) is 0 Å². The molecule has 0 aromatic rings. The van der Waals surface area contributed by atoms with E-state index >= 15 is 0 Å². The molecule has 6 nitrogen and oxygen atoms in total. The van der Waals surface area contributed by atoms with Gasteiger partial charge in [-0.2, -0.15) is 0 Å². The largest absolute Gasteiger partial charge is 0.467 e. The van der Waals surface area contributed by atoms with Crippen molar-refractivity contribution in [1.82, 2.24) is 5.32 Å². The van der Waals surface area contributed by atoms with E-state index in [4.69, 9.17) is 10.5 Å². The molecule has 0 aliphatic carbocycles. The standard InChI is InChI=1S/C11H22N2O4/c1-7(2)5-8(11(15)17-4)13-10(14)9(6-12)16-3/h7-9H,5-6,12H2,1-4H3,(H,13,14). The predicted octanol–water partition coefficient (Wildman–Crippen LogP) is -0.336. The maximum absolute atomic E-state index is 11.7. The number of methoxy groups -OCH3 is 2. The zero-order valence-corrected chi connectivity index (χ0v) is 10.9. The number of hydrogen-bond acceptors (Lipinski definition) is 5. The molecular weight excluding hydrogens is 224 g/mol. The Hall–Kier alpha value is -1.14. The van der Waals surface area contributed by atoms with Crippen molar-refractivity contribution in [2.75, 3.05) is 20.8 Å². The van der Waals surface area contributed by atoms with Crippen LogP contribution in [0.3, 0.4) is 0 Å². The van der Waals surface area contributed by atoms with E-state index in [0.29, 0.717) is 6.42 Å². The lowest BCUT2D eigenvalue weighted by Gasteiger charge is -2.20. The van der Waals surface area contributed by atoms with E-state index in [2.05, 4.69) is 10.1 Å². The van der Waals surface area contributed by atoms with Gasteiger partial charge in [0.05, 0.1) is 7.11 Å². The number of nitrogens with one attached hydrogen (secondary N) is 1. The topological polar surface area (TPSA) is 90.7 Å². The lowest BCUT2D eigenvalue weighted by molar-refractivity contribution is -0.147. The van der Waals surface area contributed by atoms with Crippen LogP contribution in [0.5, 0.6) is 0 Å². The van der Waals surface area contributed by atoms with E-state index in [0.717, 1.165) is 0 Å². The first-order valence-electron chi connectivity index (χ1n) is 5.57. The van der Waals surface area contributed by atoms with Gasteiger partial charge in [0.25, 0.3) is 5.91 Å². The molecule has 0 aliphatic heterocycles. The summed E-state index contributed by atoms with van der Waals surface area (Å²) in [5, 5.41) is 2.58. The molecule has 0 rings (SSSR count). The molecule has 0 saturated carbocycles. The first-order valence-corrected chi connectivity index (χ1v) is 5.57. The molecule has 6 heteroatoms. The second-order valence-corrected chi connectivity index (χ2v) is 4.17. The summed E-state index contributed by atoms with van der Waals surface area (Å²) in [7, 11) is 2.69. The summed E-state index contributed by atoms with van der Waals surface area (Å²) in [6.45, 7) is 3.98. The predicted molar refractivity (Wildman–Crippen MR) is 63.3 cm³/mol. The van der Waals surface area contributed by atoms with Gasteiger partial charge in [0, 0.05) is 13.7 Å². The molecule has 0 aromatic heterocycles. The van der Waals surface area contributed by atoms with Gasteiger partial charge in [0.2, 0.25) is 0 Å². The summed E-state index contributed by atoms with van der Waals surface area (Å²) in [6, 6.07) is -0.656. The summed E-state index contributed by atoms with van der Waals surface area (Å²) in [5.41, 5.74) is 5.37. The molecule has 0 radical (unpaired) electrons. The Morgan fingerprint density at radius 2 is 1.88 bits per heavy atom.